The van der Waals surface area contributed by atoms with Crippen molar-refractivity contribution in [3.8, 4) is 0 Å². The van der Waals surface area contributed by atoms with E-state index in [4.69, 9.17) is 0 Å². The first-order chi connectivity index (χ1) is 10.8. The molecule has 0 aromatic heterocycles. The maximum absolute atomic E-state index is 12.9. The van der Waals surface area contributed by atoms with E-state index in [1.807, 2.05) is 6.92 Å². The van der Waals surface area contributed by atoms with Gasteiger partial charge in [0.25, 0.3) is 0 Å². The van der Waals surface area contributed by atoms with Crippen LogP contribution < -0.4 is 10.6 Å². The summed E-state index contributed by atoms with van der Waals surface area (Å²) >= 11 is 0. The molecule has 2 atom stereocenters. The lowest BCUT2D eigenvalue weighted by atomic mass is 9.86. The summed E-state index contributed by atoms with van der Waals surface area (Å²) in [7, 11) is 0. The van der Waals surface area contributed by atoms with Gasteiger partial charge in [-0.2, -0.15) is 13.2 Å². The Labute approximate surface area is 132 Å². The summed E-state index contributed by atoms with van der Waals surface area (Å²) in [6, 6.07) is 4.46. The molecule has 0 heterocycles. The predicted octanol–water partition coefficient (Wildman–Crippen LogP) is 3.34. The molecule has 4 nitrogen and oxygen atoms in total. The summed E-state index contributed by atoms with van der Waals surface area (Å²) in [6.45, 7) is 1.99. The van der Waals surface area contributed by atoms with Gasteiger partial charge in [0.05, 0.1) is 11.3 Å². The number of benzene rings is 1. The summed E-state index contributed by atoms with van der Waals surface area (Å²) in [5.41, 5.74) is -1.40. The molecule has 2 unspecified atom stereocenters. The van der Waals surface area contributed by atoms with E-state index < -0.39 is 29.2 Å². The minimum absolute atomic E-state index is 0.111. The van der Waals surface area contributed by atoms with E-state index in [1.54, 1.807) is 0 Å². The van der Waals surface area contributed by atoms with Gasteiger partial charge in [-0.1, -0.05) is 31.9 Å². The molecule has 1 aliphatic carbocycles. The van der Waals surface area contributed by atoms with Crippen LogP contribution in [0.2, 0.25) is 0 Å². The van der Waals surface area contributed by atoms with E-state index in [2.05, 4.69) is 10.6 Å². The molecule has 7 heteroatoms. The fourth-order valence-corrected chi connectivity index (χ4v) is 2.78. The minimum Gasteiger partial charge on any atom is -0.345 e. The van der Waals surface area contributed by atoms with E-state index >= 15 is 0 Å². The maximum Gasteiger partial charge on any atom is 0.418 e. The topological polar surface area (TPSA) is 58.2 Å². The zero-order valence-corrected chi connectivity index (χ0v) is 12.7. The van der Waals surface area contributed by atoms with Gasteiger partial charge in [0.15, 0.2) is 0 Å². The summed E-state index contributed by atoms with van der Waals surface area (Å²) in [6.07, 6.45) is -0.812. The second kappa shape index (κ2) is 7.02. The van der Waals surface area contributed by atoms with Gasteiger partial charge < -0.3 is 10.6 Å². The van der Waals surface area contributed by atoms with E-state index in [-0.39, 0.29) is 12.0 Å². The number of carbonyl (C=O) groups is 2. The van der Waals surface area contributed by atoms with Gasteiger partial charge in [0.1, 0.15) is 0 Å². The van der Waals surface area contributed by atoms with Crippen molar-refractivity contribution in [2.45, 2.75) is 44.8 Å². The number of alkyl halides is 3. The Bertz CT molecular complexity index is 587. The molecule has 2 rings (SSSR count). The Morgan fingerprint density at radius 3 is 2.39 bits per heavy atom. The van der Waals surface area contributed by atoms with Gasteiger partial charge in [-0.05, 0) is 30.9 Å². The van der Waals surface area contributed by atoms with Crippen LogP contribution in [-0.2, 0) is 15.8 Å². The summed E-state index contributed by atoms with van der Waals surface area (Å²) in [4.78, 5) is 23.8. The summed E-state index contributed by atoms with van der Waals surface area (Å²) in [5.74, 6) is -1.73. The van der Waals surface area contributed by atoms with Crippen molar-refractivity contribution in [2.75, 3.05) is 5.32 Å². The Morgan fingerprint density at radius 2 is 1.74 bits per heavy atom. The smallest absolute Gasteiger partial charge is 0.345 e. The molecule has 1 fully saturated rings. The third-order valence-electron chi connectivity index (χ3n) is 4.11. The van der Waals surface area contributed by atoms with Crippen LogP contribution in [0.25, 0.3) is 0 Å². The largest absolute Gasteiger partial charge is 0.418 e. The number of halogens is 3. The maximum atomic E-state index is 12.9. The molecule has 1 aliphatic rings. The fourth-order valence-electron chi connectivity index (χ4n) is 2.78. The van der Waals surface area contributed by atoms with Crippen molar-refractivity contribution in [3.05, 3.63) is 29.8 Å². The third-order valence-corrected chi connectivity index (χ3v) is 4.11. The molecule has 0 radical (unpaired) electrons. The number of hydrogen-bond donors (Lipinski definition) is 2. The van der Waals surface area contributed by atoms with Gasteiger partial charge in [0.2, 0.25) is 0 Å². The molecule has 2 amide bonds. The van der Waals surface area contributed by atoms with Crippen LogP contribution in [0.3, 0.4) is 0 Å². The van der Waals surface area contributed by atoms with Crippen LogP contribution in [0.5, 0.6) is 0 Å². The second-order valence-electron chi connectivity index (χ2n) is 5.84. The average molecular weight is 328 g/mol. The quantitative estimate of drug-likeness (QED) is 0.818. The molecular formula is C16H19F3N2O2. The van der Waals surface area contributed by atoms with Crippen molar-refractivity contribution in [2.24, 2.45) is 5.92 Å². The number of carbonyl (C=O) groups excluding carboxylic acids is 2. The van der Waals surface area contributed by atoms with Crippen molar-refractivity contribution in [1.82, 2.24) is 5.32 Å². The number of anilines is 1. The van der Waals surface area contributed by atoms with E-state index in [1.165, 1.54) is 12.1 Å². The Hall–Kier alpha value is -2.05. The average Bonchev–Trinajstić information content (AvgIpc) is 2.49. The van der Waals surface area contributed by atoms with Crippen LogP contribution in [0.4, 0.5) is 18.9 Å². The van der Waals surface area contributed by atoms with Gasteiger partial charge in [-0.3, -0.25) is 9.59 Å². The summed E-state index contributed by atoms with van der Waals surface area (Å²) < 4.78 is 38.6. The van der Waals surface area contributed by atoms with Crippen molar-refractivity contribution in [1.29, 1.82) is 0 Å². The SMILES string of the molecule is CC1CCCCC1NC(=O)C(=O)Nc1ccccc1C(F)(F)F. The second-order valence-corrected chi connectivity index (χ2v) is 5.84. The lowest BCUT2D eigenvalue weighted by Gasteiger charge is -2.29. The highest BCUT2D eigenvalue weighted by molar-refractivity contribution is 6.39. The molecule has 0 spiro atoms. The fraction of sp³-hybridized carbons (Fsp3) is 0.500. The third kappa shape index (κ3) is 4.46. The lowest BCUT2D eigenvalue weighted by Crippen LogP contribution is -2.45. The zero-order chi connectivity index (χ0) is 17.0. The van der Waals surface area contributed by atoms with Crippen molar-refractivity contribution >= 4 is 17.5 Å². The van der Waals surface area contributed by atoms with Crippen LogP contribution in [0.15, 0.2) is 24.3 Å². The van der Waals surface area contributed by atoms with E-state index in [9.17, 15) is 22.8 Å². The molecule has 1 aromatic carbocycles. The molecular weight excluding hydrogens is 309 g/mol. The number of para-hydroxylation sites is 1. The Morgan fingerprint density at radius 1 is 1.09 bits per heavy atom. The zero-order valence-electron chi connectivity index (χ0n) is 12.7. The molecule has 23 heavy (non-hydrogen) atoms. The molecule has 1 saturated carbocycles. The molecule has 1 aromatic rings. The minimum atomic E-state index is -4.60. The van der Waals surface area contributed by atoms with Gasteiger partial charge in [0, 0.05) is 6.04 Å². The molecule has 126 valence electrons. The normalized spacial score (nSPS) is 21.6. The molecule has 2 N–H and O–H groups in total. The van der Waals surface area contributed by atoms with Crippen molar-refractivity contribution in [3.63, 3.8) is 0 Å². The van der Waals surface area contributed by atoms with Crippen LogP contribution in [0.1, 0.15) is 38.2 Å². The first-order valence-corrected chi connectivity index (χ1v) is 7.57. The first-order valence-electron chi connectivity index (χ1n) is 7.57. The van der Waals surface area contributed by atoms with Gasteiger partial charge in [-0.15, -0.1) is 0 Å². The summed E-state index contributed by atoms with van der Waals surface area (Å²) in [5, 5.41) is 4.66. The molecule has 0 bridgehead atoms. The van der Waals surface area contributed by atoms with Crippen molar-refractivity contribution < 1.29 is 22.8 Å². The van der Waals surface area contributed by atoms with Crippen LogP contribution in [-0.4, -0.2) is 17.9 Å². The highest BCUT2D eigenvalue weighted by Crippen LogP contribution is 2.34. The van der Waals surface area contributed by atoms with Gasteiger partial charge in [-0.25, -0.2) is 0 Å². The Kier molecular flexibility index (Phi) is 5.28. The number of amides is 2. The Balaban J connectivity index is 2.03. The van der Waals surface area contributed by atoms with E-state index in [0.29, 0.717) is 0 Å². The standard InChI is InChI=1S/C16H19F3N2O2/c1-10-6-2-4-8-12(10)20-14(22)15(23)21-13-9-5-3-7-11(13)16(17,18)19/h3,5,7,9-10,12H,2,4,6,8H2,1H3,(H,20,22)(H,21,23). The first kappa shape index (κ1) is 17.3. The van der Waals surface area contributed by atoms with Gasteiger partial charge >= 0.3 is 18.0 Å². The number of rotatable bonds is 2. The monoisotopic (exact) mass is 328 g/mol. The highest BCUT2D eigenvalue weighted by atomic mass is 19.4. The van der Waals surface area contributed by atoms with Crippen LogP contribution >= 0.6 is 0 Å². The van der Waals surface area contributed by atoms with E-state index in [0.717, 1.165) is 37.8 Å². The number of nitrogens with one attached hydrogen (secondary N) is 2. The highest BCUT2D eigenvalue weighted by Gasteiger charge is 2.34. The lowest BCUT2D eigenvalue weighted by molar-refractivity contribution is -0.138. The molecule has 0 aliphatic heterocycles. The number of hydrogen-bond acceptors (Lipinski definition) is 2. The van der Waals surface area contributed by atoms with Crippen LogP contribution in [0, 0.1) is 5.92 Å². The molecule has 0 saturated heterocycles. The predicted molar refractivity (Wildman–Crippen MR) is 79.6 cm³/mol.